The first kappa shape index (κ1) is 12.4. The lowest BCUT2D eigenvalue weighted by Crippen LogP contribution is -2.20. The third kappa shape index (κ3) is 2.99. The molecule has 94 valence electrons. The van der Waals surface area contributed by atoms with Gasteiger partial charge in [-0.2, -0.15) is 0 Å². The summed E-state index contributed by atoms with van der Waals surface area (Å²) in [5.74, 6) is -0.569. The largest absolute Gasteiger partial charge is 0.326 e. The molecule has 0 aromatic heterocycles. The molecule has 0 spiro atoms. The molecule has 1 aliphatic carbocycles. The Hall–Kier alpha value is -2.07. The second-order valence-electron chi connectivity index (χ2n) is 4.36. The van der Waals surface area contributed by atoms with Crippen molar-refractivity contribution in [3.8, 4) is 0 Å². The molecule has 6 heteroatoms. The van der Waals surface area contributed by atoms with Crippen molar-refractivity contribution in [1.82, 2.24) is 0 Å². The lowest BCUT2D eigenvalue weighted by molar-refractivity contribution is -0.119. The van der Waals surface area contributed by atoms with E-state index >= 15 is 0 Å². The van der Waals surface area contributed by atoms with Gasteiger partial charge in [0.2, 0.25) is 5.91 Å². The van der Waals surface area contributed by atoms with Gasteiger partial charge in [-0.25, -0.2) is 4.39 Å². The SMILES string of the molecule is [N-]=[N+]=N[C@H]1CC[C@H](C(=O)Nc2ccc(F)cc2)C1. The highest BCUT2D eigenvalue weighted by Crippen LogP contribution is 2.29. The van der Waals surface area contributed by atoms with E-state index in [2.05, 4.69) is 15.3 Å². The maximum Gasteiger partial charge on any atom is 0.227 e. The minimum Gasteiger partial charge on any atom is -0.326 e. The van der Waals surface area contributed by atoms with Gasteiger partial charge in [-0.3, -0.25) is 4.79 Å². The quantitative estimate of drug-likeness (QED) is 0.497. The standard InChI is InChI=1S/C12H13FN4O/c13-9-2-5-10(6-3-9)15-12(18)8-1-4-11(7-8)16-17-14/h2-3,5-6,8,11H,1,4,7H2,(H,15,18)/t8-,11-/m0/s1. The molecule has 0 radical (unpaired) electrons. The van der Waals surface area contributed by atoms with Crippen LogP contribution in [0, 0.1) is 11.7 Å². The number of hydrogen-bond donors (Lipinski definition) is 1. The molecular formula is C12H13FN4O. The topological polar surface area (TPSA) is 77.9 Å². The minimum atomic E-state index is -0.336. The number of hydrogen-bond acceptors (Lipinski definition) is 2. The van der Waals surface area contributed by atoms with Crippen LogP contribution in [-0.2, 0) is 4.79 Å². The molecule has 1 amide bonds. The summed E-state index contributed by atoms with van der Waals surface area (Å²) in [6, 6.07) is 5.55. The molecule has 1 N–H and O–H groups in total. The second kappa shape index (κ2) is 5.51. The maximum atomic E-state index is 12.7. The first-order valence-corrected chi connectivity index (χ1v) is 5.79. The van der Waals surface area contributed by atoms with Gasteiger partial charge in [-0.15, -0.1) is 0 Å². The molecular weight excluding hydrogens is 235 g/mol. The van der Waals surface area contributed by atoms with Gasteiger partial charge in [0.15, 0.2) is 0 Å². The Kier molecular flexibility index (Phi) is 3.79. The summed E-state index contributed by atoms with van der Waals surface area (Å²) in [4.78, 5) is 14.7. The van der Waals surface area contributed by atoms with Crippen molar-refractivity contribution in [3.05, 3.63) is 40.5 Å². The Morgan fingerprint density at radius 3 is 2.78 bits per heavy atom. The summed E-state index contributed by atoms with van der Waals surface area (Å²) in [6.45, 7) is 0. The smallest absolute Gasteiger partial charge is 0.227 e. The van der Waals surface area contributed by atoms with Crippen LogP contribution in [0.3, 0.4) is 0 Å². The Morgan fingerprint density at radius 1 is 1.39 bits per heavy atom. The molecule has 2 rings (SSSR count). The highest BCUT2D eigenvalue weighted by molar-refractivity contribution is 5.92. The van der Waals surface area contributed by atoms with Crippen molar-refractivity contribution in [2.45, 2.75) is 25.3 Å². The summed E-state index contributed by atoms with van der Waals surface area (Å²) in [7, 11) is 0. The van der Waals surface area contributed by atoms with Crippen molar-refractivity contribution in [2.24, 2.45) is 11.0 Å². The van der Waals surface area contributed by atoms with Gasteiger partial charge in [-0.05, 0) is 49.1 Å². The van der Waals surface area contributed by atoms with Crippen molar-refractivity contribution in [3.63, 3.8) is 0 Å². The molecule has 1 aromatic rings. The Labute approximate surface area is 104 Å². The predicted molar refractivity (Wildman–Crippen MR) is 65.3 cm³/mol. The average Bonchev–Trinajstić information content (AvgIpc) is 2.81. The molecule has 0 heterocycles. The number of benzene rings is 1. The van der Waals surface area contributed by atoms with E-state index in [0.717, 1.165) is 12.8 Å². The zero-order valence-corrected chi connectivity index (χ0v) is 9.71. The van der Waals surface area contributed by atoms with E-state index in [1.165, 1.54) is 24.3 Å². The number of halogens is 1. The molecule has 1 fully saturated rings. The first-order chi connectivity index (χ1) is 8.69. The fourth-order valence-corrected chi connectivity index (χ4v) is 2.15. The van der Waals surface area contributed by atoms with Crippen molar-refractivity contribution in [1.29, 1.82) is 0 Å². The van der Waals surface area contributed by atoms with Crippen LogP contribution in [0.2, 0.25) is 0 Å². The molecule has 18 heavy (non-hydrogen) atoms. The molecule has 0 unspecified atom stereocenters. The van der Waals surface area contributed by atoms with Gasteiger partial charge < -0.3 is 5.32 Å². The maximum absolute atomic E-state index is 12.7. The molecule has 1 aliphatic rings. The predicted octanol–water partition coefficient (Wildman–Crippen LogP) is 3.24. The van der Waals surface area contributed by atoms with Crippen LogP contribution in [-0.4, -0.2) is 11.9 Å². The minimum absolute atomic E-state index is 0.0843. The summed E-state index contributed by atoms with van der Waals surface area (Å²) < 4.78 is 12.7. The van der Waals surface area contributed by atoms with E-state index in [9.17, 15) is 9.18 Å². The van der Waals surface area contributed by atoms with Gasteiger partial charge in [0.25, 0.3) is 0 Å². The first-order valence-electron chi connectivity index (χ1n) is 5.79. The molecule has 0 saturated heterocycles. The average molecular weight is 248 g/mol. The van der Waals surface area contributed by atoms with Crippen LogP contribution in [0.25, 0.3) is 10.4 Å². The van der Waals surface area contributed by atoms with Gasteiger partial charge in [-0.1, -0.05) is 5.11 Å². The molecule has 2 atom stereocenters. The Balaban J connectivity index is 1.93. The number of carbonyl (C=O) groups is 1. The van der Waals surface area contributed by atoms with Gasteiger partial charge in [0.1, 0.15) is 5.82 Å². The third-order valence-corrected chi connectivity index (χ3v) is 3.10. The normalized spacial score (nSPS) is 22.3. The van der Waals surface area contributed by atoms with Crippen molar-refractivity contribution in [2.75, 3.05) is 5.32 Å². The van der Waals surface area contributed by atoms with E-state index in [4.69, 9.17) is 5.53 Å². The second-order valence-corrected chi connectivity index (χ2v) is 4.36. The fraction of sp³-hybridized carbons (Fsp3) is 0.417. The summed E-state index contributed by atoms with van der Waals surface area (Å²) in [6.07, 6.45) is 2.04. The molecule has 1 saturated carbocycles. The van der Waals surface area contributed by atoms with Gasteiger partial charge >= 0.3 is 0 Å². The zero-order chi connectivity index (χ0) is 13.0. The highest BCUT2D eigenvalue weighted by atomic mass is 19.1. The van der Waals surface area contributed by atoms with Crippen molar-refractivity contribution >= 4 is 11.6 Å². The fourth-order valence-electron chi connectivity index (χ4n) is 2.15. The molecule has 1 aromatic carbocycles. The van der Waals surface area contributed by atoms with Crippen LogP contribution in [0.4, 0.5) is 10.1 Å². The van der Waals surface area contributed by atoms with E-state index in [-0.39, 0.29) is 23.7 Å². The zero-order valence-electron chi connectivity index (χ0n) is 9.71. The third-order valence-electron chi connectivity index (χ3n) is 3.10. The van der Waals surface area contributed by atoms with E-state index in [1.807, 2.05) is 0 Å². The number of azide groups is 1. The Bertz CT molecular complexity index is 481. The summed E-state index contributed by atoms with van der Waals surface area (Å²) in [5, 5.41) is 6.36. The van der Waals surface area contributed by atoms with Crippen molar-refractivity contribution < 1.29 is 9.18 Å². The number of nitrogens with one attached hydrogen (secondary N) is 1. The van der Waals surface area contributed by atoms with Crippen LogP contribution < -0.4 is 5.32 Å². The number of rotatable bonds is 3. The van der Waals surface area contributed by atoms with Crippen LogP contribution in [0.15, 0.2) is 29.4 Å². The monoisotopic (exact) mass is 248 g/mol. The van der Waals surface area contributed by atoms with Crippen LogP contribution in [0.1, 0.15) is 19.3 Å². The lowest BCUT2D eigenvalue weighted by Gasteiger charge is -2.10. The van der Waals surface area contributed by atoms with E-state index in [1.54, 1.807) is 0 Å². The number of amides is 1. The van der Waals surface area contributed by atoms with E-state index < -0.39 is 0 Å². The summed E-state index contributed by atoms with van der Waals surface area (Å²) >= 11 is 0. The van der Waals surface area contributed by atoms with Gasteiger partial charge in [0, 0.05) is 22.6 Å². The van der Waals surface area contributed by atoms with Gasteiger partial charge in [0.05, 0.1) is 0 Å². The highest BCUT2D eigenvalue weighted by Gasteiger charge is 2.29. The number of carbonyl (C=O) groups excluding carboxylic acids is 1. The molecule has 5 nitrogen and oxygen atoms in total. The number of anilines is 1. The van der Waals surface area contributed by atoms with Crippen LogP contribution >= 0.6 is 0 Å². The molecule has 0 aliphatic heterocycles. The van der Waals surface area contributed by atoms with E-state index in [0.29, 0.717) is 12.1 Å². The van der Waals surface area contributed by atoms with Crippen LogP contribution in [0.5, 0.6) is 0 Å². The summed E-state index contributed by atoms with van der Waals surface area (Å²) in [5.41, 5.74) is 8.91. The number of nitrogens with zero attached hydrogens (tertiary/aromatic N) is 3. The Morgan fingerprint density at radius 2 is 2.11 bits per heavy atom. The molecule has 0 bridgehead atoms. The lowest BCUT2D eigenvalue weighted by atomic mass is 10.1.